The minimum atomic E-state index is -3.87. The molecular formula is C12H10BrN3O4S. The van der Waals surface area contributed by atoms with Crippen LogP contribution in [0.4, 0.5) is 17.1 Å². The fourth-order valence-electron chi connectivity index (χ4n) is 1.63. The summed E-state index contributed by atoms with van der Waals surface area (Å²) < 4.78 is 27.1. The average molecular weight is 372 g/mol. The highest BCUT2D eigenvalue weighted by Gasteiger charge is 2.19. The fraction of sp³-hybridized carbons (Fsp3) is 0. The van der Waals surface area contributed by atoms with Gasteiger partial charge in [0.2, 0.25) is 0 Å². The largest absolute Gasteiger partial charge is 0.398 e. The predicted octanol–water partition coefficient (Wildman–Crippen LogP) is 2.74. The molecule has 110 valence electrons. The second-order valence-electron chi connectivity index (χ2n) is 4.06. The molecule has 0 unspecified atom stereocenters. The first-order valence-electron chi connectivity index (χ1n) is 5.62. The summed E-state index contributed by atoms with van der Waals surface area (Å²) in [4.78, 5) is 10.0. The summed E-state index contributed by atoms with van der Waals surface area (Å²) in [6.07, 6.45) is 0. The van der Waals surface area contributed by atoms with Gasteiger partial charge < -0.3 is 5.73 Å². The van der Waals surface area contributed by atoms with Gasteiger partial charge in [-0.25, -0.2) is 8.42 Å². The molecule has 0 aliphatic rings. The Labute approximate surface area is 129 Å². The lowest BCUT2D eigenvalue weighted by molar-refractivity contribution is -0.384. The highest BCUT2D eigenvalue weighted by atomic mass is 79.9. The number of para-hydroxylation sites is 1. The van der Waals surface area contributed by atoms with Crippen LogP contribution >= 0.6 is 15.9 Å². The molecule has 0 amide bonds. The van der Waals surface area contributed by atoms with Crippen LogP contribution in [-0.2, 0) is 10.0 Å². The Kier molecular flexibility index (Phi) is 4.14. The quantitative estimate of drug-likeness (QED) is 0.486. The Morgan fingerprint density at radius 1 is 1.19 bits per heavy atom. The molecule has 0 radical (unpaired) electrons. The maximum Gasteiger partial charge on any atom is 0.270 e. The molecule has 2 rings (SSSR count). The molecule has 0 heterocycles. The summed E-state index contributed by atoms with van der Waals surface area (Å²) in [5.74, 6) is 0. The second-order valence-corrected chi connectivity index (χ2v) is 6.57. The summed E-state index contributed by atoms with van der Waals surface area (Å²) in [7, 11) is -3.87. The number of rotatable bonds is 4. The van der Waals surface area contributed by atoms with Crippen molar-refractivity contribution in [2.45, 2.75) is 4.90 Å². The lowest BCUT2D eigenvalue weighted by Crippen LogP contribution is -2.15. The van der Waals surface area contributed by atoms with Crippen LogP contribution in [0.1, 0.15) is 0 Å². The van der Waals surface area contributed by atoms with Crippen LogP contribution in [0.25, 0.3) is 0 Å². The van der Waals surface area contributed by atoms with Crippen molar-refractivity contribution in [2.24, 2.45) is 0 Å². The Bertz CT molecular complexity index is 808. The van der Waals surface area contributed by atoms with Crippen LogP contribution in [0, 0.1) is 10.1 Å². The van der Waals surface area contributed by atoms with Gasteiger partial charge in [0.25, 0.3) is 15.7 Å². The van der Waals surface area contributed by atoms with E-state index in [1.807, 2.05) is 0 Å². The van der Waals surface area contributed by atoms with Crippen molar-refractivity contribution in [1.29, 1.82) is 0 Å². The van der Waals surface area contributed by atoms with Crippen LogP contribution < -0.4 is 10.5 Å². The molecule has 0 aliphatic carbocycles. The Hall–Kier alpha value is -2.13. The third kappa shape index (κ3) is 3.31. The zero-order valence-corrected chi connectivity index (χ0v) is 12.9. The van der Waals surface area contributed by atoms with Gasteiger partial charge in [-0.3, -0.25) is 14.8 Å². The molecule has 0 spiro atoms. The molecule has 0 fully saturated rings. The Balaban J connectivity index is 2.38. The second kappa shape index (κ2) is 5.70. The zero-order chi connectivity index (χ0) is 15.6. The number of benzene rings is 2. The van der Waals surface area contributed by atoms with E-state index in [9.17, 15) is 18.5 Å². The van der Waals surface area contributed by atoms with Gasteiger partial charge in [0.1, 0.15) is 4.90 Å². The van der Waals surface area contributed by atoms with Gasteiger partial charge in [-0.05, 0) is 34.1 Å². The molecule has 2 aromatic carbocycles. The van der Waals surface area contributed by atoms with E-state index in [2.05, 4.69) is 20.7 Å². The van der Waals surface area contributed by atoms with Gasteiger partial charge in [0, 0.05) is 16.6 Å². The van der Waals surface area contributed by atoms with E-state index in [-0.39, 0.29) is 26.4 Å². The van der Waals surface area contributed by atoms with Crippen molar-refractivity contribution in [3.8, 4) is 0 Å². The smallest absolute Gasteiger partial charge is 0.270 e. The summed E-state index contributed by atoms with van der Waals surface area (Å²) in [5.41, 5.74) is 5.79. The average Bonchev–Trinajstić information content (AvgIpc) is 2.41. The monoisotopic (exact) mass is 371 g/mol. The number of sulfonamides is 1. The summed E-state index contributed by atoms with van der Waals surface area (Å²) in [5, 5.41) is 10.6. The summed E-state index contributed by atoms with van der Waals surface area (Å²) >= 11 is 3.10. The molecule has 0 aromatic heterocycles. The fourth-order valence-corrected chi connectivity index (χ4v) is 3.44. The van der Waals surface area contributed by atoms with E-state index >= 15 is 0 Å². The number of nitro benzene ring substituents is 1. The van der Waals surface area contributed by atoms with Crippen molar-refractivity contribution < 1.29 is 13.3 Å². The van der Waals surface area contributed by atoms with E-state index < -0.39 is 14.9 Å². The topological polar surface area (TPSA) is 115 Å². The van der Waals surface area contributed by atoms with E-state index in [0.29, 0.717) is 0 Å². The van der Waals surface area contributed by atoms with Crippen molar-refractivity contribution >= 4 is 43.0 Å². The highest BCUT2D eigenvalue weighted by molar-refractivity contribution is 9.10. The molecule has 3 N–H and O–H groups in total. The van der Waals surface area contributed by atoms with Crippen LogP contribution in [0.2, 0.25) is 0 Å². The maximum atomic E-state index is 12.2. The highest BCUT2D eigenvalue weighted by Crippen LogP contribution is 2.29. The number of nitrogens with zero attached hydrogens (tertiary/aromatic N) is 1. The number of anilines is 2. The standard InChI is InChI=1S/C12H10BrN3O4S/c13-9-7-8(16(17)18)5-6-11(9)15-21(19,20)12-4-2-1-3-10(12)14/h1-7,15H,14H2. The number of halogens is 1. The molecule has 7 nitrogen and oxygen atoms in total. The number of nitrogens with one attached hydrogen (secondary N) is 1. The minimum Gasteiger partial charge on any atom is -0.398 e. The van der Waals surface area contributed by atoms with E-state index in [4.69, 9.17) is 5.73 Å². The van der Waals surface area contributed by atoms with Crippen LogP contribution in [0.5, 0.6) is 0 Å². The molecule has 2 aromatic rings. The lowest BCUT2D eigenvalue weighted by Gasteiger charge is -2.11. The van der Waals surface area contributed by atoms with Gasteiger partial charge >= 0.3 is 0 Å². The van der Waals surface area contributed by atoms with E-state index in [0.717, 1.165) is 0 Å². The van der Waals surface area contributed by atoms with Crippen LogP contribution in [-0.4, -0.2) is 13.3 Å². The molecule has 0 aliphatic heterocycles. The number of hydrogen-bond acceptors (Lipinski definition) is 5. The zero-order valence-electron chi connectivity index (χ0n) is 10.5. The van der Waals surface area contributed by atoms with Gasteiger partial charge in [0.15, 0.2) is 0 Å². The van der Waals surface area contributed by atoms with Gasteiger partial charge in [0.05, 0.1) is 16.3 Å². The Morgan fingerprint density at radius 2 is 1.86 bits per heavy atom. The van der Waals surface area contributed by atoms with Gasteiger partial charge in [-0.2, -0.15) is 0 Å². The first kappa shape index (κ1) is 15.3. The van der Waals surface area contributed by atoms with Crippen LogP contribution in [0.3, 0.4) is 0 Å². The molecular weight excluding hydrogens is 362 g/mol. The third-order valence-corrected chi connectivity index (χ3v) is 4.71. The van der Waals surface area contributed by atoms with Gasteiger partial charge in [-0.1, -0.05) is 12.1 Å². The number of nitro groups is 1. The number of non-ortho nitro benzene ring substituents is 1. The van der Waals surface area contributed by atoms with Crippen molar-refractivity contribution in [2.75, 3.05) is 10.5 Å². The van der Waals surface area contributed by atoms with Gasteiger partial charge in [-0.15, -0.1) is 0 Å². The third-order valence-electron chi connectivity index (χ3n) is 2.62. The normalized spacial score (nSPS) is 11.1. The van der Waals surface area contributed by atoms with Crippen LogP contribution in [0.15, 0.2) is 51.8 Å². The number of hydrogen-bond donors (Lipinski definition) is 2. The molecule has 0 saturated carbocycles. The van der Waals surface area contributed by atoms with E-state index in [1.54, 1.807) is 12.1 Å². The molecule has 0 bridgehead atoms. The minimum absolute atomic E-state index is 0.0600. The van der Waals surface area contributed by atoms with E-state index in [1.165, 1.54) is 30.3 Å². The van der Waals surface area contributed by atoms with Crippen molar-refractivity contribution in [1.82, 2.24) is 0 Å². The predicted molar refractivity (Wildman–Crippen MR) is 82.5 cm³/mol. The lowest BCUT2D eigenvalue weighted by atomic mass is 10.3. The first-order valence-corrected chi connectivity index (χ1v) is 7.90. The first-order chi connectivity index (χ1) is 9.81. The Morgan fingerprint density at radius 3 is 2.43 bits per heavy atom. The molecule has 9 heteroatoms. The summed E-state index contributed by atoms with van der Waals surface area (Å²) in [6.45, 7) is 0. The number of nitrogens with two attached hydrogens (primary N) is 1. The molecule has 21 heavy (non-hydrogen) atoms. The molecule has 0 saturated heterocycles. The summed E-state index contributed by atoms with van der Waals surface area (Å²) in [6, 6.07) is 9.74. The van der Waals surface area contributed by atoms with Crippen molar-refractivity contribution in [3.05, 3.63) is 57.1 Å². The molecule has 0 atom stereocenters. The number of nitrogen functional groups attached to an aromatic ring is 1. The maximum absolute atomic E-state index is 12.2. The SMILES string of the molecule is Nc1ccccc1S(=O)(=O)Nc1ccc([N+](=O)[O-])cc1Br. The van der Waals surface area contributed by atoms with Crippen molar-refractivity contribution in [3.63, 3.8) is 0 Å².